The fourth-order valence-corrected chi connectivity index (χ4v) is 10.2. The van der Waals surface area contributed by atoms with Crippen LogP contribution in [0.15, 0.2) is 181 Å². The van der Waals surface area contributed by atoms with Gasteiger partial charge in [0, 0.05) is 17.1 Å². The molecule has 1 atom stereocenters. The van der Waals surface area contributed by atoms with E-state index >= 15 is 0 Å². The van der Waals surface area contributed by atoms with Crippen molar-refractivity contribution in [1.29, 1.82) is 0 Å². The molecule has 45 heavy (non-hydrogen) atoms. The Morgan fingerprint density at radius 1 is 0.533 bits per heavy atom. The Hall–Kier alpha value is -4.97. The number of rotatable bonds is 4. The number of hydrogen-bond acceptors (Lipinski definition) is 1. The molecule has 3 aliphatic rings. The molecular formula is C43H31OP. The second-order valence-electron chi connectivity index (χ2n) is 12.0. The van der Waals surface area contributed by atoms with Gasteiger partial charge < -0.3 is 4.74 Å². The Balaban J connectivity index is 1.25. The van der Waals surface area contributed by atoms with Crippen molar-refractivity contribution in [2.75, 3.05) is 0 Å². The van der Waals surface area contributed by atoms with Gasteiger partial charge in [-0.25, -0.2) is 0 Å². The van der Waals surface area contributed by atoms with Crippen molar-refractivity contribution in [3.05, 3.63) is 203 Å². The SMILES string of the molecule is C1=CC2=C(Oc3ccccc3C23c2ccccc2-c2ccccc23)C(c2cccc(P(c3ccccc3)c3ccccc3)c2)C1. The Kier molecular flexibility index (Phi) is 6.22. The molecule has 214 valence electrons. The summed E-state index contributed by atoms with van der Waals surface area (Å²) in [6.07, 6.45) is 5.62. The average molecular weight is 595 g/mol. The van der Waals surface area contributed by atoms with Gasteiger partial charge in [0.1, 0.15) is 11.5 Å². The number of benzene rings is 6. The van der Waals surface area contributed by atoms with Gasteiger partial charge in [-0.15, -0.1) is 0 Å². The summed E-state index contributed by atoms with van der Waals surface area (Å²) in [6, 6.07) is 57.8. The van der Waals surface area contributed by atoms with Crippen molar-refractivity contribution in [3.8, 4) is 16.9 Å². The van der Waals surface area contributed by atoms with E-state index in [1.807, 2.05) is 0 Å². The lowest BCUT2D eigenvalue weighted by atomic mass is 9.63. The van der Waals surface area contributed by atoms with Crippen LogP contribution in [-0.2, 0) is 5.41 Å². The third kappa shape index (κ3) is 3.98. The van der Waals surface area contributed by atoms with Gasteiger partial charge in [-0.3, -0.25) is 0 Å². The highest BCUT2D eigenvalue weighted by molar-refractivity contribution is 7.79. The van der Waals surface area contributed by atoms with Crippen molar-refractivity contribution < 1.29 is 4.74 Å². The number of fused-ring (bicyclic) bond motifs is 8. The molecule has 2 aliphatic carbocycles. The average Bonchev–Trinajstić information content (AvgIpc) is 3.40. The normalized spacial score (nSPS) is 17.0. The van der Waals surface area contributed by atoms with E-state index in [9.17, 15) is 0 Å². The van der Waals surface area contributed by atoms with E-state index in [4.69, 9.17) is 4.74 Å². The number of allylic oxidation sites excluding steroid dienone is 4. The second kappa shape index (κ2) is 10.6. The Labute approximate surface area is 265 Å². The standard InChI is InChI=1S/C43H31OP/c1-3-16-31(17-4-1)45(32-18-5-2-6-19-32)33-20-13-15-30(29-33)34-23-14-27-40-42(34)44-41-28-12-11-26-39(41)43(40)37-24-9-7-21-35(37)36-22-8-10-25-38(36)43/h1-22,24-29,34H,23H2. The first-order valence-corrected chi connectivity index (χ1v) is 17.1. The van der Waals surface area contributed by atoms with Gasteiger partial charge in [0.05, 0.1) is 5.41 Å². The van der Waals surface area contributed by atoms with E-state index in [2.05, 4.69) is 170 Å². The highest BCUT2D eigenvalue weighted by atomic mass is 31.1. The highest BCUT2D eigenvalue weighted by Crippen LogP contribution is 2.62. The second-order valence-corrected chi connectivity index (χ2v) is 14.2. The number of ether oxygens (including phenoxy) is 1. The molecule has 1 heterocycles. The van der Waals surface area contributed by atoms with Crippen molar-refractivity contribution in [3.63, 3.8) is 0 Å². The fourth-order valence-electron chi connectivity index (χ4n) is 7.85. The molecule has 0 amide bonds. The lowest BCUT2D eigenvalue weighted by Crippen LogP contribution is -2.36. The molecule has 0 fully saturated rings. The number of hydrogen-bond donors (Lipinski definition) is 0. The molecule has 6 aromatic rings. The predicted molar refractivity (Wildman–Crippen MR) is 188 cm³/mol. The molecule has 1 unspecified atom stereocenters. The zero-order valence-corrected chi connectivity index (χ0v) is 25.7. The maximum Gasteiger partial charge on any atom is 0.131 e. The van der Waals surface area contributed by atoms with Gasteiger partial charge in [-0.2, -0.15) is 0 Å². The van der Waals surface area contributed by atoms with Crippen molar-refractivity contribution >= 4 is 23.8 Å². The first-order chi connectivity index (χ1) is 22.3. The minimum Gasteiger partial charge on any atom is -0.460 e. The molecule has 6 aromatic carbocycles. The van der Waals surface area contributed by atoms with Crippen LogP contribution in [0.1, 0.15) is 34.6 Å². The van der Waals surface area contributed by atoms with Gasteiger partial charge in [0.2, 0.25) is 0 Å². The molecule has 9 rings (SSSR count). The van der Waals surface area contributed by atoms with Crippen LogP contribution in [0.2, 0.25) is 0 Å². The van der Waals surface area contributed by atoms with Crippen molar-refractivity contribution in [1.82, 2.24) is 0 Å². The minimum absolute atomic E-state index is 0.110. The van der Waals surface area contributed by atoms with Crippen LogP contribution in [0, 0.1) is 0 Å². The third-order valence-corrected chi connectivity index (χ3v) is 12.1. The van der Waals surface area contributed by atoms with E-state index in [1.165, 1.54) is 54.9 Å². The highest BCUT2D eigenvalue weighted by Gasteiger charge is 2.52. The van der Waals surface area contributed by atoms with Crippen LogP contribution < -0.4 is 20.7 Å². The summed E-state index contributed by atoms with van der Waals surface area (Å²) in [5.41, 5.74) is 8.65. The van der Waals surface area contributed by atoms with Gasteiger partial charge in [0.15, 0.2) is 0 Å². The van der Waals surface area contributed by atoms with E-state index in [-0.39, 0.29) is 5.92 Å². The van der Waals surface area contributed by atoms with Gasteiger partial charge >= 0.3 is 0 Å². The van der Waals surface area contributed by atoms with Gasteiger partial charge in [0.25, 0.3) is 0 Å². The van der Waals surface area contributed by atoms with Crippen LogP contribution in [0.4, 0.5) is 0 Å². The summed E-state index contributed by atoms with van der Waals surface area (Å²) in [5, 5.41) is 4.08. The molecule has 1 nitrogen and oxygen atoms in total. The zero-order chi connectivity index (χ0) is 29.8. The number of para-hydroxylation sites is 1. The predicted octanol–water partition coefficient (Wildman–Crippen LogP) is 9.15. The molecule has 1 spiro atoms. The molecule has 2 heteroatoms. The van der Waals surface area contributed by atoms with E-state index in [0.717, 1.165) is 17.9 Å². The van der Waals surface area contributed by atoms with Gasteiger partial charge in [-0.1, -0.05) is 158 Å². The van der Waals surface area contributed by atoms with Crippen LogP contribution in [0.5, 0.6) is 5.75 Å². The molecule has 1 aliphatic heterocycles. The Bertz CT molecular complexity index is 2040. The monoisotopic (exact) mass is 594 g/mol. The van der Waals surface area contributed by atoms with Crippen molar-refractivity contribution in [2.24, 2.45) is 0 Å². The largest absolute Gasteiger partial charge is 0.460 e. The van der Waals surface area contributed by atoms with Crippen LogP contribution in [0.25, 0.3) is 11.1 Å². The van der Waals surface area contributed by atoms with E-state index in [1.54, 1.807) is 0 Å². The molecule has 0 N–H and O–H groups in total. The fraction of sp³-hybridized carbons (Fsp3) is 0.0698. The lowest BCUT2D eigenvalue weighted by Gasteiger charge is -2.43. The summed E-state index contributed by atoms with van der Waals surface area (Å²) in [5.74, 6) is 2.14. The molecule has 0 radical (unpaired) electrons. The summed E-state index contributed by atoms with van der Waals surface area (Å²) in [6.45, 7) is 0. The maximum absolute atomic E-state index is 7.02. The smallest absolute Gasteiger partial charge is 0.131 e. The van der Waals surface area contributed by atoms with Crippen molar-refractivity contribution in [2.45, 2.75) is 17.8 Å². The topological polar surface area (TPSA) is 9.23 Å². The molecule has 0 saturated heterocycles. The summed E-state index contributed by atoms with van der Waals surface area (Å²) in [7, 11) is -0.704. The molecule has 0 saturated carbocycles. The summed E-state index contributed by atoms with van der Waals surface area (Å²) >= 11 is 0. The first kappa shape index (κ1) is 26.4. The minimum atomic E-state index is -0.704. The quantitative estimate of drug-likeness (QED) is 0.185. The maximum atomic E-state index is 7.02. The Morgan fingerprint density at radius 3 is 1.76 bits per heavy atom. The molecule has 0 aromatic heterocycles. The summed E-state index contributed by atoms with van der Waals surface area (Å²) < 4.78 is 7.02. The molecule has 0 bridgehead atoms. The van der Waals surface area contributed by atoms with Crippen LogP contribution in [0.3, 0.4) is 0 Å². The molecular weight excluding hydrogens is 563 g/mol. The van der Waals surface area contributed by atoms with E-state index in [0.29, 0.717) is 0 Å². The first-order valence-electron chi connectivity index (χ1n) is 15.7. The lowest BCUT2D eigenvalue weighted by molar-refractivity contribution is 0.345. The Morgan fingerprint density at radius 2 is 1.09 bits per heavy atom. The third-order valence-electron chi connectivity index (χ3n) is 9.67. The van der Waals surface area contributed by atoms with Crippen LogP contribution in [-0.4, -0.2) is 0 Å². The van der Waals surface area contributed by atoms with Gasteiger partial charge in [-0.05, 0) is 70.2 Å². The zero-order valence-electron chi connectivity index (χ0n) is 24.8. The summed E-state index contributed by atoms with van der Waals surface area (Å²) in [4.78, 5) is 0. The van der Waals surface area contributed by atoms with E-state index < -0.39 is 13.3 Å². The van der Waals surface area contributed by atoms with Crippen LogP contribution >= 0.6 is 7.92 Å².